The van der Waals surface area contributed by atoms with Crippen molar-refractivity contribution in [3.05, 3.63) is 137 Å². The first-order valence-corrected chi connectivity index (χ1v) is 12.1. The van der Waals surface area contributed by atoms with Crippen LogP contribution in [0.1, 0.15) is 22.7 Å². The van der Waals surface area contributed by atoms with Gasteiger partial charge in [-0.2, -0.15) is 0 Å². The highest BCUT2D eigenvalue weighted by Gasteiger charge is 2.31. The van der Waals surface area contributed by atoms with Gasteiger partial charge in [0.1, 0.15) is 11.8 Å². The molecule has 0 aliphatic rings. The van der Waals surface area contributed by atoms with E-state index in [1.54, 1.807) is 23.1 Å². The molecule has 0 aliphatic carbocycles. The Hall–Kier alpha value is -4.09. The van der Waals surface area contributed by atoms with Gasteiger partial charge >= 0.3 is 0 Å². The molecular weight excluding hydrogens is 472 g/mol. The maximum absolute atomic E-state index is 13.6. The maximum atomic E-state index is 13.6. The van der Waals surface area contributed by atoms with Crippen molar-refractivity contribution in [3.63, 3.8) is 0 Å². The van der Waals surface area contributed by atoms with Gasteiger partial charge in [-0.3, -0.25) is 9.59 Å². The molecule has 0 saturated carbocycles. The lowest BCUT2D eigenvalue weighted by molar-refractivity contribution is -0.143. The van der Waals surface area contributed by atoms with Crippen molar-refractivity contribution < 1.29 is 14.3 Å². The molecule has 0 saturated heterocycles. The van der Waals surface area contributed by atoms with Crippen LogP contribution in [-0.2, 0) is 22.7 Å². The molecule has 0 spiro atoms. The first kappa shape index (κ1) is 25.0. The van der Waals surface area contributed by atoms with Crippen LogP contribution in [0.5, 0.6) is 5.75 Å². The van der Waals surface area contributed by atoms with Gasteiger partial charge in [0, 0.05) is 18.1 Å². The molecule has 0 fully saturated rings. The highest BCUT2D eigenvalue weighted by molar-refractivity contribution is 6.31. The molecule has 4 rings (SSSR count). The van der Waals surface area contributed by atoms with E-state index in [-0.39, 0.29) is 31.5 Å². The summed E-state index contributed by atoms with van der Waals surface area (Å²) in [5.41, 5.74) is 2.41. The van der Waals surface area contributed by atoms with Crippen molar-refractivity contribution in [2.45, 2.75) is 19.1 Å². The molecule has 0 heterocycles. The SMILES string of the molecule is O=C(NCc1ccccc1Cl)C(c1ccccc1)N(Cc1ccccc1)C(=O)COc1ccccc1. The Labute approximate surface area is 216 Å². The summed E-state index contributed by atoms with van der Waals surface area (Å²) < 4.78 is 5.76. The van der Waals surface area contributed by atoms with E-state index >= 15 is 0 Å². The lowest BCUT2D eigenvalue weighted by Crippen LogP contribution is -2.45. The molecule has 2 amide bonds. The number of para-hydroxylation sites is 1. The van der Waals surface area contributed by atoms with Gasteiger partial charge in [0.25, 0.3) is 5.91 Å². The molecule has 4 aromatic carbocycles. The van der Waals surface area contributed by atoms with Crippen molar-refractivity contribution in [2.75, 3.05) is 6.61 Å². The highest BCUT2D eigenvalue weighted by Crippen LogP contribution is 2.25. The zero-order valence-corrected chi connectivity index (χ0v) is 20.5. The second kappa shape index (κ2) is 12.6. The summed E-state index contributed by atoms with van der Waals surface area (Å²) in [5, 5.41) is 3.55. The van der Waals surface area contributed by atoms with Crippen LogP contribution in [-0.4, -0.2) is 23.3 Å². The number of ether oxygens (including phenoxy) is 1. The fraction of sp³-hybridized carbons (Fsp3) is 0.133. The smallest absolute Gasteiger partial charge is 0.261 e. The molecule has 1 N–H and O–H groups in total. The largest absolute Gasteiger partial charge is 0.484 e. The number of nitrogens with zero attached hydrogens (tertiary/aromatic N) is 1. The van der Waals surface area contributed by atoms with Gasteiger partial charge in [0.05, 0.1) is 0 Å². The van der Waals surface area contributed by atoms with E-state index in [2.05, 4.69) is 5.32 Å². The fourth-order valence-corrected chi connectivity index (χ4v) is 4.08. The van der Waals surface area contributed by atoms with E-state index in [1.165, 1.54) is 0 Å². The summed E-state index contributed by atoms with van der Waals surface area (Å²) in [5.74, 6) is -0.0143. The van der Waals surface area contributed by atoms with Crippen LogP contribution in [0.3, 0.4) is 0 Å². The quantitative estimate of drug-likeness (QED) is 0.300. The third-order valence-corrected chi connectivity index (χ3v) is 6.08. The van der Waals surface area contributed by atoms with Gasteiger partial charge in [0.2, 0.25) is 5.91 Å². The van der Waals surface area contributed by atoms with E-state index in [1.807, 2.05) is 97.1 Å². The number of hydrogen-bond acceptors (Lipinski definition) is 3. The molecule has 0 bridgehead atoms. The summed E-state index contributed by atoms with van der Waals surface area (Å²) in [6, 6.07) is 34.5. The number of halogens is 1. The Kier molecular flexibility index (Phi) is 8.73. The zero-order chi connectivity index (χ0) is 25.2. The molecule has 36 heavy (non-hydrogen) atoms. The number of hydrogen-bond donors (Lipinski definition) is 1. The molecule has 5 nitrogen and oxygen atoms in total. The van der Waals surface area contributed by atoms with Gasteiger partial charge in [-0.1, -0.05) is 109 Å². The van der Waals surface area contributed by atoms with E-state index in [9.17, 15) is 9.59 Å². The Bertz CT molecular complexity index is 1270. The molecule has 0 aromatic heterocycles. The van der Waals surface area contributed by atoms with Crippen molar-refractivity contribution in [3.8, 4) is 5.75 Å². The lowest BCUT2D eigenvalue weighted by Gasteiger charge is -2.31. The van der Waals surface area contributed by atoms with Gasteiger partial charge in [0.15, 0.2) is 6.61 Å². The minimum atomic E-state index is -0.860. The van der Waals surface area contributed by atoms with Crippen molar-refractivity contribution >= 4 is 23.4 Å². The lowest BCUT2D eigenvalue weighted by atomic mass is 10.0. The zero-order valence-electron chi connectivity index (χ0n) is 19.7. The molecule has 6 heteroatoms. The minimum Gasteiger partial charge on any atom is -0.484 e. The number of nitrogens with one attached hydrogen (secondary N) is 1. The van der Waals surface area contributed by atoms with Crippen molar-refractivity contribution in [1.29, 1.82) is 0 Å². The number of benzene rings is 4. The standard InChI is InChI=1S/C30H27ClN2O3/c31-27-19-11-10-16-25(27)20-32-30(35)29(24-14-6-2-7-15-24)33(21-23-12-4-1-5-13-23)28(34)22-36-26-17-8-3-9-18-26/h1-19,29H,20-22H2,(H,32,35). The first-order valence-electron chi connectivity index (χ1n) is 11.7. The fourth-order valence-electron chi connectivity index (χ4n) is 3.88. The number of carbonyl (C=O) groups excluding carboxylic acids is 2. The molecule has 182 valence electrons. The molecular formula is C30H27ClN2O3. The van der Waals surface area contributed by atoms with Crippen molar-refractivity contribution in [1.82, 2.24) is 10.2 Å². The van der Waals surface area contributed by atoms with Crippen LogP contribution in [0, 0.1) is 0 Å². The van der Waals surface area contributed by atoms with Gasteiger partial charge in [-0.25, -0.2) is 0 Å². The molecule has 0 radical (unpaired) electrons. The van der Waals surface area contributed by atoms with Crippen LogP contribution in [0.4, 0.5) is 0 Å². The van der Waals surface area contributed by atoms with Crippen LogP contribution in [0.15, 0.2) is 115 Å². The summed E-state index contributed by atoms with van der Waals surface area (Å²) >= 11 is 6.29. The molecule has 4 aromatic rings. The Morgan fingerprint density at radius 2 is 1.36 bits per heavy atom. The summed E-state index contributed by atoms with van der Waals surface area (Å²) in [4.78, 5) is 28.8. The van der Waals surface area contributed by atoms with E-state index < -0.39 is 6.04 Å². The Balaban J connectivity index is 1.62. The maximum Gasteiger partial charge on any atom is 0.261 e. The van der Waals surface area contributed by atoms with Gasteiger partial charge in [-0.05, 0) is 34.9 Å². The van der Waals surface area contributed by atoms with Crippen LogP contribution < -0.4 is 10.1 Å². The van der Waals surface area contributed by atoms with E-state index in [0.29, 0.717) is 16.3 Å². The second-order valence-corrected chi connectivity index (χ2v) is 8.64. The molecule has 1 unspecified atom stereocenters. The summed E-state index contributed by atoms with van der Waals surface area (Å²) in [6.07, 6.45) is 0. The van der Waals surface area contributed by atoms with Crippen molar-refractivity contribution in [2.24, 2.45) is 0 Å². The number of carbonyl (C=O) groups is 2. The topological polar surface area (TPSA) is 58.6 Å². The summed E-state index contributed by atoms with van der Waals surface area (Å²) in [7, 11) is 0. The normalized spacial score (nSPS) is 11.4. The molecule has 0 aliphatic heterocycles. The predicted molar refractivity (Wildman–Crippen MR) is 141 cm³/mol. The monoisotopic (exact) mass is 498 g/mol. The van der Waals surface area contributed by atoms with Gasteiger partial charge in [-0.15, -0.1) is 0 Å². The number of amides is 2. The van der Waals surface area contributed by atoms with E-state index in [0.717, 1.165) is 11.1 Å². The van der Waals surface area contributed by atoms with Gasteiger partial charge < -0.3 is 15.0 Å². The average Bonchev–Trinajstić information content (AvgIpc) is 2.92. The second-order valence-electron chi connectivity index (χ2n) is 8.23. The highest BCUT2D eigenvalue weighted by atomic mass is 35.5. The number of rotatable bonds is 10. The molecule has 1 atom stereocenters. The minimum absolute atomic E-state index is 0.196. The van der Waals surface area contributed by atoms with E-state index in [4.69, 9.17) is 16.3 Å². The Morgan fingerprint density at radius 1 is 0.778 bits per heavy atom. The first-order chi connectivity index (χ1) is 17.6. The van der Waals surface area contributed by atoms with Crippen LogP contribution in [0.25, 0.3) is 0 Å². The van der Waals surface area contributed by atoms with Crippen LogP contribution >= 0.6 is 11.6 Å². The third-order valence-electron chi connectivity index (χ3n) is 5.71. The predicted octanol–water partition coefficient (Wildman–Crippen LogP) is 5.81. The third kappa shape index (κ3) is 6.74. The summed E-state index contributed by atoms with van der Waals surface area (Å²) in [6.45, 7) is 0.296. The Morgan fingerprint density at radius 3 is 2.03 bits per heavy atom. The average molecular weight is 499 g/mol. The van der Waals surface area contributed by atoms with Crippen LogP contribution in [0.2, 0.25) is 5.02 Å².